The smallest absolute Gasteiger partial charge is 0.0984 e. The van der Waals surface area contributed by atoms with Crippen LogP contribution in [-0.4, -0.2) is 23.4 Å². The van der Waals surface area contributed by atoms with Crippen LogP contribution >= 0.6 is 47.0 Å². The first-order valence-electron chi connectivity index (χ1n) is 18.2. The van der Waals surface area contributed by atoms with Crippen molar-refractivity contribution in [3.05, 3.63) is 8.47 Å². The molecule has 0 fully saturated rings. The summed E-state index contributed by atoms with van der Waals surface area (Å²) in [5.41, 5.74) is 0. The van der Waals surface area contributed by atoms with Crippen LogP contribution in [0.2, 0.25) is 0 Å². The molecule has 1 nitrogen and oxygen atoms in total. The lowest BCUT2D eigenvalue weighted by molar-refractivity contribution is 0.242. The molecule has 1 aliphatic heterocycles. The second kappa shape index (κ2) is 34.0. The summed E-state index contributed by atoms with van der Waals surface area (Å²) in [6.45, 7) is 4.61. The third-order valence-electron chi connectivity index (χ3n) is 8.18. The quantitative estimate of drug-likeness (QED) is 0.0670. The van der Waals surface area contributed by atoms with E-state index in [1.54, 1.807) is 8.47 Å². The summed E-state index contributed by atoms with van der Waals surface area (Å²) in [4.78, 5) is 0. The molecule has 0 atom stereocenters. The van der Waals surface area contributed by atoms with E-state index in [4.69, 9.17) is 4.74 Å². The SMILES string of the molecule is CCCCCCCCCCCCCCCCSC1=C(SCCCCCCCCCCCCCCCC)SCOCS1. The van der Waals surface area contributed by atoms with E-state index in [2.05, 4.69) is 37.4 Å². The molecular weight excluding hydrogens is 577 g/mol. The normalized spacial score (nSPS) is 14.2. The number of hydrogen-bond donors (Lipinski definition) is 0. The van der Waals surface area contributed by atoms with Gasteiger partial charge in [-0.3, -0.25) is 0 Å². The first kappa shape index (κ1) is 40.1. The van der Waals surface area contributed by atoms with Gasteiger partial charge in [-0.15, -0.1) is 23.5 Å². The Labute approximate surface area is 275 Å². The highest BCUT2D eigenvalue weighted by Gasteiger charge is 2.14. The van der Waals surface area contributed by atoms with E-state index >= 15 is 0 Å². The van der Waals surface area contributed by atoms with Gasteiger partial charge in [0.15, 0.2) is 0 Å². The van der Waals surface area contributed by atoms with Crippen LogP contribution < -0.4 is 0 Å². The van der Waals surface area contributed by atoms with Crippen LogP contribution in [0, 0.1) is 0 Å². The minimum atomic E-state index is 0.830. The molecule has 0 amide bonds. The molecule has 0 aromatic heterocycles. The third kappa shape index (κ3) is 28.3. The zero-order valence-electron chi connectivity index (χ0n) is 27.7. The highest BCUT2D eigenvalue weighted by Crippen LogP contribution is 2.45. The fourth-order valence-corrected chi connectivity index (χ4v) is 10.5. The van der Waals surface area contributed by atoms with Gasteiger partial charge >= 0.3 is 0 Å². The number of hydrogen-bond acceptors (Lipinski definition) is 5. The Hall–Kier alpha value is 1.10. The van der Waals surface area contributed by atoms with Gasteiger partial charge in [0.2, 0.25) is 0 Å². The highest BCUT2D eigenvalue weighted by atomic mass is 32.2. The second-order valence-electron chi connectivity index (χ2n) is 12.2. The Bertz CT molecular complexity index is 508. The van der Waals surface area contributed by atoms with Crippen molar-refractivity contribution in [1.82, 2.24) is 0 Å². The molecule has 0 spiro atoms. The number of unbranched alkanes of at least 4 members (excludes halogenated alkanes) is 26. The summed E-state index contributed by atoms with van der Waals surface area (Å²) >= 11 is 8.11. The van der Waals surface area contributed by atoms with Gasteiger partial charge in [0.05, 0.1) is 20.4 Å². The summed E-state index contributed by atoms with van der Waals surface area (Å²) < 4.78 is 8.88. The molecule has 0 aromatic rings. The molecule has 0 unspecified atom stereocenters. The van der Waals surface area contributed by atoms with Crippen molar-refractivity contribution in [2.75, 3.05) is 23.4 Å². The zero-order valence-corrected chi connectivity index (χ0v) is 30.9. The number of thioether (sulfide) groups is 4. The van der Waals surface area contributed by atoms with Gasteiger partial charge in [0, 0.05) is 0 Å². The monoisotopic (exact) mass is 646 g/mol. The van der Waals surface area contributed by atoms with Gasteiger partial charge in [-0.2, -0.15) is 0 Å². The maximum atomic E-state index is 5.77. The average Bonchev–Trinajstić information content (AvgIpc) is 3.22. The zero-order chi connectivity index (χ0) is 29.3. The first-order valence-corrected chi connectivity index (χ1v) is 22.2. The molecule has 0 aliphatic carbocycles. The van der Waals surface area contributed by atoms with E-state index in [-0.39, 0.29) is 0 Å². The molecular formula is C36H70OS4. The van der Waals surface area contributed by atoms with Crippen molar-refractivity contribution in [1.29, 1.82) is 0 Å². The summed E-state index contributed by atoms with van der Waals surface area (Å²) in [5.74, 6) is 4.22. The van der Waals surface area contributed by atoms with E-state index in [9.17, 15) is 0 Å². The van der Waals surface area contributed by atoms with Crippen molar-refractivity contribution in [2.45, 2.75) is 194 Å². The van der Waals surface area contributed by atoms with Crippen LogP contribution in [0.5, 0.6) is 0 Å². The maximum Gasteiger partial charge on any atom is 0.0984 e. The maximum absolute atomic E-state index is 5.77. The van der Waals surface area contributed by atoms with Crippen LogP contribution in [-0.2, 0) is 4.74 Å². The molecule has 0 aromatic carbocycles. The lowest BCUT2D eigenvalue weighted by Crippen LogP contribution is -1.87. The largest absolute Gasteiger partial charge is 0.360 e. The lowest BCUT2D eigenvalue weighted by atomic mass is 10.0. The van der Waals surface area contributed by atoms with Crippen molar-refractivity contribution < 1.29 is 4.74 Å². The first-order chi connectivity index (χ1) is 20.4. The Morgan fingerprint density at radius 1 is 0.390 bits per heavy atom. The van der Waals surface area contributed by atoms with Crippen molar-refractivity contribution >= 4 is 47.0 Å². The van der Waals surface area contributed by atoms with Gasteiger partial charge in [-0.05, 0) is 24.3 Å². The van der Waals surface area contributed by atoms with Crippen LogP contribution in [0.15, 0.2) is 8.47 Å². The van der Waals surface area contributed by atoms with Crippen LogP contribution in [0.4, 0.5) is 0 Å². The summed E-state index contributed by atoms with van der Waals surface area (Å²) in [6.07, 6.45) is 40.3. The standard InChI is InChI=1S/C36H70OS4/c1-3-5-7-9-11-13-15-17-19-21-23-25-27-29-31-38-35-36(41-34-37-33-40-35)39-32-30-28-26-24-22-20-18-16-14-12-10-8-6-4-2/h3-34H2,1-2H3. The molecule has 0 bridgehead atoms. The second-order valence-corrected chi connectivity index (χ2v) is 16.8. The van der Waals surface area contributed by atoms with Crippen molar-refractivity contribution in [3.8, 4) is 0 Å². The molecule has 244 valence electrons. The number of rotatable bonds is 32. The van der Waals surface area contributed by atoms with Gasteiger partial charge < -0.3 is 4.74 Å². The third-order valence-corrected chi connectivity index (χ3v) is 13.5. The van der Waals surface area contributed by atoms with Crippen LogP contribution in [0.3, 0.4) is 0 Å². The summed E-state index contributed by atoms with van der Waals surface area (Å²) in [6, 6.07) is 0. The predicted octanol–water partition coefficient (Wildman–Crippen LogP) is 15.0. The molecule has 1 rings (SSSR count). The average molecular weight is 647 g/mol. The molecule has 5 heteroatoms. The van der Waals surface area contributed by atoms with Gasteiger partial charge in [-0.25, -0.2) is 0 Å². The molecule has 1 heterocycles. The lowest BCUT2D eigenvalue weighted by Gasteiger charge is -2.10. The molecule has 1 aliphatic rings. The number of ether oxygens (including phenoxy) is 1. The van der Waals surface area contributed by atoms with Gasteiger partial charge in [0.1, 0.15) is 0 Å². The van der Waals surface area contributed by atoms with Crippen LogP contribution in [0.1, 0.15) is 194 Å². The Morgan fingerprint density at radius 3 is 0.902 bits per heavy atom. The van der Waals surface area contributed by atoms with Crippen molar-refractivity contribution in [2.24, 2.45) is 0 Å². The van der Waals surface area contributed by atoms with Crippen LogP contribution in [0.25, 0.3) is 0 Å². The van der Waals surface area contributed by atoms with E-state index in [1.165, 1.54) is 191 Å². The van der Waals surface area contributed by atoms with E-state index in [1.807, 2.05) is 23.5 Å². The Morgan fingerprint density at radius 2 is 0.634 bits per heavy atom. The molecule has 0 radical (unpaired) electrons. The predicted molar refractivity (Wildman–Crippen MR) is 199 cm³/mol. The Balaban J connectivity index is 1.95. The minimum absolute atomic E-state index is 0.830. The molecule has 0 saturated heterocycles. The van der Waals surface area contributed by atoms with Gasteiger partial charge in [0.25, 0.3) is 0 Å². The van der Waals surface area contributed by atoms with E-state index in [0.717, 1.165) is 11.9 Å². The Kier molecular flexibility index (Phi) is 33.3. The van der Waals surface area contributed by atoms with E-state index < -0.39 is 0 Å². The minimum Gasteiger partial charge on any atom is -0.360 e. The van der Waals surface area contributed by atoms with Crippen molar-refractivity contribution in [3.63, 3.8) is 0 Å². The fourth-order valence-electron chi connectivity index (χ4n) is 5.47. The molecule has 41 heavy (non-hydrogen) atoms. The molecule has 0 saturated carbocycles. The van der Waals surface area contributed by atoms with Gasteiger partial charge in [-0.1, -0.05) is 204 Å². The topological polar surface area (TPSA) is 9.23 Å². The van der Waals surface area contributed by atoms with E-state index in [0.29, 0.717) is 0 Å². The summed E-state index contributed by atoms with van der Waals surface area (Å²) in [7, 11) is 0. The molecule has 0 N–H and O–H groups in total. The highest BCUT2D eigenvalue weighted by molar-refractivity contribution is 8.28. The summed E-state index contributed by atoms with van der Waals surface area (Å²) in [5, 5.41) is 0. The fraction of sp³-hybridized carbons (Fsp3) is 0.944.